The third-order valence-corrected chi connectivity index (χ3v) is 10.5. The van der Waals surface area contributed by atoms with E-state index in [9.17, 15) is 0 Å². The maximum absolute atomic E-state index is 6.51. The van der Waals surface area contributed by atoms with Crippen molar-refractivity contribution in [2.24, 2.45) is 0 Å². The Balaban J connectivity index is 1.15. The summed E-state index contributed by atoms with van der Waals surface area (Å²) in [7, 11) is 0. The first-order valence-electron chi connectivity index (χ1n) is 18.7. The van der Waals surface area contributed by atoms with Gasteiger partial charge in [-0.1, -0.05) is 127 Å². The highest BCUT2D eigenvalue weighted by Crippen LogP contribution is 2.39. The molecule has 3 heterocycles. The van der Waals surface area contributed by atoms with Crippen LogP contribution < -0.4 is 0 Å². The first-order chi connectivity index (χ1) is 27.7. The van der Waals surface area contributed by atoms with E-state index in [1.807, 2.05) is 60.7 Å². The SMILES string of the molecule is c1ccc(-c2cc(-c3ccccc3)cc(-c3nc(-c4ccc5oc6ccc(-c7ccccc7)cc6c5c4)nc(-c4cccc5c4oc4ccccc45)n3)c2)cc1. The molecule has 11 rings (SSSR count). The number of rotatable bonds is 6. The Morgan fingerprint density at radius 1 is 0.268 bits per heavy atom. The zero-order valence-corrected chi connectivity index (χ0v) is 30.1. The molecule has 0 aliphatic rings. The first-order valence-corrected chi connectivity index (χ1v) is 18.7. The van der Waals surface area contributed by atoms with Crippen LogP contribution in [0.5, 0.6) is 0 Å². The molecule has 5 heteroatoms. The van der Waals surface area contributed by atoms with E-state index in [-0.39, 0.29) is 0 Å². The number of furan rings is 2. The van der Waals surface area contributed by atoms with E-state index in [0.717, 1.165) is 93.9 Å². The Hall–Kier alpha value is -7.63. The third kappa shape index (κ3) is 5.53. The van der Waals surface area contributed by atoms with Gasteiger partial charge in [-0.15, -0.1) is 0 Å². The van der Waals surface area contributed by atoms with Crippen molar-refractivity contribution in [3.05, 3.63) is 188 Å². The number of hydrogen-bond acceptors (Lipinski definition) is 5. The van der Waals surface area contributed by atoms with Crippen LogP contribution in [0.3, 0.4) is 0 Å². The quantitative estimate of drug-likeness (QED) is 0.171. The molecular formula is C51H31N3O2. The second-order valence-corrected chi connectivity index (χ2v) is 14.0. The average molecular weight is 718 g/mol. The minimum Gasteiger partial charge on any atom is -0.456 e. The third-order valence-electron chi connectivity index (χ3n) is 10.5. The second kappa shape index (κ2) is 13.0. The molecular weight excluding hydrogens is 687 g/mol. The van der Waals surface area contributed by atoms with Crippen LogP contribution in [0, 0.1) is 0 Å². The first kappa shape index (κ1) is 31.9. The van der Waals surface area contributed by atoms with Crippen LogP contribution in [0.25, 0.3) is 111 Å². The molecule has 8 aromatic carbocycles. The minimum absolute atomic E-state index is 0.532. The summed E-state index contributed by atoms with van der Waals surface area (Å²) in [5, 5.41) is 4.09. The van der Waals surface area contributed by atoms with Crippen molar-refractivity contribution < 1.29 is 8.83 Å². The maximum Gasteiger partial charge on any atom is 0.167 e. The largest absolute Gasteiger partial charge is 0.456 e. The van der Waals surface area contributed by atoms with Crippen molar-refractivity contribution >= 4 is 43.9 Å². The molecule has 0 N–H and O–H groups in total. The molecule has 0 aliphatic carbocycles. The molecule has 0 saturated heterocycles. The normalized spacial score (nSPS) is 11.6. The number of benzene rings is 8. The van der Waals surface area contributed by atoms with E-state index in [1.165, 1.54) is 0 Å². The summed E-state index contributed by atoms with van der Waals surface area (Å²) < 4.78 is 12.9. The molecule has 0 saturated carbocycles. The molecule has 0 unspecified atom stereocenters. The van der Waals surface area contributed by atoms with Gasteiger partial charge in [-0.05, 0) is 94.0 Å². The summed E-state index contributed by atoms with van der Waals surface area (Å²) in [6.45, 7) is 0. The highest BCUT2D eigenvalue weighted by molar-refractivity contribution is 6.09. The molecule has 0 radical (unpaired) electrons. The van der Waals surface area contributed by atoms with Gasteiger partial charge in [0, 0.05) is 32.7 Å². The van der Waals surface area contributed by atoms with Crippen molar-refractivity contribution in [2.45, 2.75) is 0 Å². The molecule has 3 aromatic heterocycles. The summed E-state index contributed by atoms with van der Waals surface area (Å²) in [6.07, 6.45) is 0. The van der Waals surface area contributed by atoms with Gasteiger partial charge in [0.15, 0.2) is 17.5 Å². The van der Waals surface area contributed by atoms with Crippen LogP contribution in [-0.4, -0.2) is 15.0 Å². The average Bonchev–Trinajstić information content (AvgIpc) is 3.85. The maximum atomic E-state index is 6.51. The fraction of sp³-hybridized carbons (Fsp3) is 0. The van der Waals surface area contributed by atoms with Gasteiger partial charge in [0.25, 0.3) is 0 Å². The zero-order valence-electron chi connectivity index (χ0n) is 30.1. The number of hydrogen-bond donors (Lipinski definition) is 0. The lowest BCUT2D eigenvalue weighted by molar-refractivity contribution is 0.669. The van der Waals surface area contributed by atoms with Gasteiger partial charge in [-0.2, -0.15) is 0 Å². The van der Waals surface area contributed by atoms with Crippen molar-refractivity contribution in [1.29, 1.82) is 0 Å². The molecule has 56 heavy (non-hydrogen) atoms. The smallest absolute Gasteiger partial charge is 0.167 e. The molecule has 0 atom stereocenters. The summed E-state index contributed by atoms with van der Waals surface area (Å²) in [4.78, 5) is 15.7. The molecule has 0 fully saturated rings. The number of fused-ring (bicyclic) bond motifs is 6. The zero-order chi connectivity index (χ0) is 37.0. The van der Waals surface area contributed by atoms with E-state index in [1.54, 1.807) is 0 Å². The van der Waals surface area contributed by atoms with Gasteiger partial charge in [0.2, 0.25) is 0 Å². The lowest BCUT2D eigenvalue weighted by Gasteiger charge is -2.12. The molecule has 0 amide bonds. The van der Waals surface area contributed by atoms with Crippen LogP contribution in [0.15, 0.2) is 197 Å². The summed E-state index contributed by atoms with van der Waals surface area (Å²) in [5.74, 6) is 1.65. The van der Waals surface area contributed by atoms with Crippen molar-refractivity contribution in [3.8, 4) is 67.5 Å². The summed E-state index contributed by atoms with van der Waals surface area (Å²) in [6, 6.07) is 64.7. The monoisotopic (exact) mass is 717 g/mol. The summed E-state index contributed by atoms with van der Waals surface area (Å²) >= 11 is 0. The van der Waals surface area contributed by atoms with Crippen LogP contribution in [0.1, 0.15) is 0 Å². The van der Waals surface area contributed by atoms with Crippen LogP contribution >= 0.6 is 0 Å². The van der Waals surface area contributed by atoms with Crippen LogP contribution in [0.4, 0.5) is 0 Å². The standard InChI is InChI=1S/C51H31N3O2/c1-4-13-32(14-5-1)35-23-25-46-43(30-35)44-31-36(24-26-47(44)55-46)49-52-50(54-51(53-49)42-21-12-20-41-40-19-10-11-22-45(40)56-48(41)42)39-28-37(33-15-6-2-7-16-33)27-38(29-39)34-17-8-3-9-18-34/h1-31H. The van der Waals surface area contributed by atoms with Crippen molar-refractivity contribution in [1.82, 2.24) is 15.0 Å². The Morgan fingerprint density at radius 2 is 0.750 bits per heavy atom. The molecule has 5 nitrogen and oxygen atoms in total. The van der Waals surface area contributed by atoms with E-state index in [4.69, 9.17) is 23.8 Å². The minimum atomic E-state index is 0.532. The Bertz CT molecular complexity index is 3180. The Labute approximate surface area is 322 Å². The van der Waals surface area contributed by atoms with E-state index < -0.39 is 0 Å². The van der Waals surface area contributed by atoms with Gasteiger partial charge in [0.1, 0.15) is 22.3 Å². The van der Waals surface area contributed by atoms with Crippen LogP contribution in [-0.2, 0) is 0 Å². The van der Waals surface area contributed by atoms with E-state index in [0.29, 0.717) is 17.5 Å². The molecule has 0 spiro atoms. The highest BCUT2D eigenvalue weighted by atomic mass is 16.3. The number of nitrogens with zero attached hydrogens (tertiary/aromatic N) is 3. The van der Waals surface area contributed by atoms with Gasteiger partial charge in [0.05, 0.1) is 5.56 Å². The van der Waals surface area contributed by atoms with Crippen molar-refractivity contribution in [2.75, 3.05) is 0 Å². The van der Waals surface area contributed by atoms with E-state index >= 15 is 0 Å². The predicted octanol–water partition coefficient (Wildman–Crippen LogP) is 13.7. The number of aromatic nitrogens is 3. The Morgan fingerprint density at radius 3 is 1.41 bits per heavy atom. The second-order valence-electron chi connectivity index (χ2n) is 14.0. The van der Waals surface area contributed by atoms with Gasteiger partial charge in [-0.25, -0.2) is 15.0 Å². The van der Waals surface area contributed by atoms with Gasteiger partial charge in [-0.3, -0.25) is 0 Å². The number of para-hydroxylation sites is 2. The predicted molar refractivity (Wildman–Crippen MR) is 227 cm³/mol. The van der Waals surface area contributed by atoms with Gasteiger partial charge < -0.3 is 8.83 Å². The van der Waals surface area contributed by atoms with Crippen molar-refractivity contribution in [3.63, 3.8) is 0 Å². The lowest BCUT2D eigenvalue weighted by atomic mass is 9.96. The molecule has 0 aliphatic heterocycles. The van der Waals surface area contributed by atoms with Crippen LogP contribution in [0.2, 0.25) is 0 Å². The van der Waals surface area contributed by atoms with E-state index in [2.05, 4.69) is 127 Å². The van der Waals surface area contributed by atoms with Gasteiger partial charge >= 0.3 is 0 Å². The lowest BCUT2D eigenvalue weighted by Crippen LogP contribution is -2.01. The fourth-order valence-corrected chi connectivity index (χ4v) is 7.76. The molecule has 262 valence electrons. The molecule has 11 aromatic rings. The molecule has 0 bridgehead atoms. The fourth-order valence-electron chi connectivity index (χ4n) is 7.76. The highest BCUT2D eigenvalue weighted by Gasteiger charge is 2.20. The topological polar surface area (TPSA) is 65.0 Å². The summed E-state index contributed by atoms with van der Waals surface area (Å²) in [5.41, 5.74) is 12.4. The Kier molecular flexibility index (Phi) is 7.42.